The van der Waals surface area contributed by atoms with Crippen molar-refractivity contribution in [2.24, 2.45) is 5.41 Å². The SMILES string of the molecule is CC1CC2(CC(C[N+](C)(C)C)OC2=O)C(=O)O1.[Br-]. The summed E-state index contributed by atoms with van der Waals surface area (Å²) in [5, 5.41) is 0. The summed E-state index contributed by atoms with van der Waals surface area (Å²) in [4.78, 5) is 23.7. The van der Waals surface area contributed by atoms with Gasteiger partial charge in [0.2, 0.25) is 0 Å². The third-order valence-corrected chi connectivity index (χ3v) is 3.33. The Kier molecular flexibility index (Phi) is 4.13. The van der Waals surface area contributed by atoms with E-state index in [4.69, 9.17) is 9.47 Å². The van der Waals surface area contributed by atoms with Crippen LogP contribution in [0.5, 0.6) is 0 Å². The molecule has 0 radical (unpaired) electrons. The number of nitrogens with zero attached hydrogens (tertiary/aromatic N) is 1. The fraction of sp³-hybridized carbons (Fsp3) is 0.833. The molecule has 0 N–H and O–H groups in total. The van der Waals surface area contributed by atoms with E-state index in [1.807, 2.05) is 28.1 Å². The van der Waals surface area contributed by atoms with Crippen LogP contribution in [0.25, 0.3) is 0 Å². The van der Waals surface area contributed by atoms with Gasteiger partial charge in [0.25, 0.3) is 0 Å². The van der Waals surface area contributed by atoms with Gasteiger partial charge in [-0.3, -0.25) is 9.59 Å². The third kappa shape index (κ3) is 2.69. The maximum absolute atomic E-state index is 11.9. The molecule has 0 aliphatic carbocycles. The van der Waals surface area contributed by atoms with Crippen LogP contribution >= 0.6 is 0 Å². The molecule has 2 heterocycles. The summed E-state index contributed by atoms with van der Waals surface area (Å²) >= 11 is 0. The second-order valence-corrected chi connectivity index (χ2v) is 6.21. The summed E-state index contributed by atoms with van der Waals surface area (Å²) in [6.45, 7) is 2.53. The first-order chi connectivity index (χ1) is 7.73. The van der Waals surface area contributed by atoms with E-state index >= 15 is 0 Å². The van der Waals surface area contributed by atoms with Gasteiger partial charge < -0.3 is 30.9 Å². The molecule has 0 aromatic heterocycles. The Bertz CT molecular complexity index is 366. The Morgan fingerprint density at radius 1 is 1.17 bits per heavy atom. The number of ether oxygens (including phenoxy) is 2. The van der Waals surface area contributed by atoms with Crippen LogP contribution in [-0.2, 0) is 19.1 Å². The van der Waals surface area contributed by atoms with Crippen molar-refractivity contribution in [2.75, 3.05) is 27.7 Å². The molecule has 2 aliphatic rings. The fourth-order valence-corrected chi connectivity index (χ4v) is 2.74. The minimum Gasteiger partial charge on any atom is -1.00 e. The Morgan fingerprint density at radius 3 is 2.17 bits per heavy atom. The third-order valence-electron chi connectivity index (χ3n) is 3.33. The van der Waals surface area contributed by atoms with E-state index in [9.17, 15) is 9.59 Å². The molecule has 2 fully saturated rings. The second-order valence-electron chi connectivity index (χ2n) is 6.21. The van der Waals surface area contributed by atoms with Crippen molar-refractivity contribution in [3.05, 3.63) is 0 Å². The molecule has 3 unspecified atom stereocenters. The van der Waals surface area contributed by atoms with Crippen molar-refractivity contribution >= 4 is 11.9 Å². The van der Waals surface area contributed by atoms with Crippen LogP contribution in [0.3, 0.4) is 0 Å². The zero-order valence-corrected chi connectivity index (χ0v) is 12.8. The number of carbonyl (C=O) groups is 2. The number of likely N-dealkylation sites (N-methyl/N-ethyl adjacent to an activating group) is 1. The highest BCUT2D eigenvalue weighted by Gasteiger charge is 2.61. The predicted octanol–water partition coefficient (Wildman–Crippen LogP) is -2.67. The molecule has 2 saturated heterocycles. The van der Waals surface area contributed by atoms with Crippen LogP contribution in [0.15, 0.2) is 0 Å². The molecule has 1 spiro atoms. The highest BCUT2D eigenvalue weighted by molar-refractivity contribution is 6.02. The van der Waals surface area contributed by atoms with Gasteiger partial charge in [-0.2, -0.15) is 0 Å². The van der Waals surface area contributed by atoms with E-state index in [0.29, 0.717) is 17.3 Å². The zero-order valence-electron chi connectivity index (χ0n) is 11.2. The lowest BCUT2D eigenvalue weighted by Crippen LogP contribution is -3.00. The summed E-state index contributed by atoms with van der Waals surface area (Å²) in [5.41, 5.74) is -1.01. The van der Waals surface area contributed by atoms with E-state index < -0.39 is 17.4 Å². The molecule has 0 saturated carbocycles. The summed E-state index contributed by atoms with van der Waals surface area (Å²) in [6.07, 6.45) is 0.557. The standard InChI is InChI=1S/C12H20NO4.BrH/c1-8-5-12(10(14)16-8)6-9(17-11(12)15)7-13(2,3)4;/h8-9H,5-7H2,1-4H3;1H/q+1;/p-1. The smallest absolute Gasteiger partial charge is 0.324 e. The average Bonchev–Trinajstić information content (AvgIpc) is 2.53. The van der Waals surface area contributed by atoms with E-state index in [1.54, 1.807) is 0 Å². The lowest BCUT2D eigenvalue weighted by molar-refractivity contribution is -0.873. The van der Waals surface area contributed by atoms with Crippen LogP contribution in [0, 0.1) is 5.41 Å². The number of esters is 2. The normalized spacial score (nSPS) is 35.3. The van der Waals surface area contributed by atoms with Gasteiger partial charge in [-0.15, -0.1) is 0 Å². The molecule has 0 aromatic carbocycles. The molecule has 0 bridgehead atoms. The van der Waals surface area contributed by atoms with Crippen molar-refractivity contribution in [1.29, 1.82) is 0 Å². The second kappa shape index (κ2) is 4.81. The van der Waals surface area contributed by atoms with Gasteiger partial charge in [-0.05, 0) is 6.92 Å². The minimum absolute atomic E-state index is 0. The molecule has 18 heavy (non-hydrogen) atoms. The van der Waals surface area contributed by atoms with Gasteiger partial charge in [-0.25, -0.2) is 0 Å². The molecule has 2 aliphatic heterocycles. The molecule has 2 rings (SSSR count). The van der Waals surface area contributed by atoms with Gasteiger partial charge in [0.15, 0.2) is 11.5 Å². The zero-order chi connectivity index (χ0) is 12.8. The van der Waals surface area contributed by atoms with Crippen molar-refractivity contribution < 1.29 is 40.5 Å². The molecule has 3 atom stereocenters. The van der Waals surface area contributed by atoms with E-state index in [0.717, 1.165) is 6.54 Å². The van der Waals surface area contributed by atoms with Crippen LogP contribution in [-0.4, -0.2) is 56.3 Å². The topological polar surface area (TPSA) is 52.6 Å². The maximum atomic E-state index is 11.9. The first-order valence-corrected chi connectivity index (χ1v) is 5.95. The van der Waals surface area contributed by atoms with Gasteiger partial charge >= 0.3 is 11.9 Å². The molecule has 5 nitrogen and oxygen atoms in total. The van der Waals surface area contributed by atoms with Crippen molar-refractivity contribution in [3.8, 4) is 0 Å². The van der Waals surface area contributed by atoms with Gasteiger partial charge in [0.1, 0.15) is 12.6 Å². The lowest BCUT2D eigenvalue weighted by atomic mass is 9.82. The van der Waals surface area contributed by atoms with Crippen LogP contribution in [0.4, 0.5) is 0 Å². The highest BCUT2D eigenvalue weighted by Crippen LogP contribution is 2.44. The van der Waals surface area contributed by atoms with Gasteiger partial charge in [0, 0.05) is 12.8 Å². The number of cyclic esters (lactones) is 2. The molecule has 6 heteroatoms. The first kappa shape index (κ1) is 15.4. The Balaban J connectivity index is 0.00000162. The monoisotopic (exact) mass is 321 g/mol. The summed E-state index contributed by atoms with van der Waals surface area (Å²) in [7, 11) is 6.11. The van der Waals surface area contributed by atoms with Crippen LogP contribution in [0.2, 0.25) is 0 Å². The van der Waals surface area contributed by atoms with Gasteiger partial charge in [-0.1, -0.05) is 0 Å². The molecule has 0 amide bonds. The number of rotatable bonds is 2. The van der Waals surface area contributed by atoms with E-state index in [2.05, 4.69) is 0 Å². The van der Waals surface area contributed by atoms with Crippen molar-refractivity contribution in [2.45, 2.75) is 32.0 Å². The summed E-state index contributed by atoms with van der Waals surface area (Å²) in [6, 6.07) is 0. The number of carbonyl (C=O) groups excluding carboxylic acids is 2. The van der Waals surface area contributed by atoms with Crippen molar-refractivity contribution in [1.82, 2.24) is 0 Å². The molecule has 104 valence electrons. The van der Waals surface area contributed by atoms with E-state index in [1.165, 1.54) is 0 Å². The molecular formula is C12H20BrNO4. The molecular weight excluding hydrogens is 302 g/mol. The average molecular weight is 322 g/mol. The van der Waals surface area contributed by atoms with E-state index in [-0.39, 0.29) is 29.2 Å². The first-order valence-electron chi connectivity index (χ1n) is 5.95. The summed E-state index contributed by atoms with van der Waals surface area (Å²) in [5.74, 6) is -0.802. The Labute approximate surface area is 118 Å². The van der Waals surface area contributed by atoms with Crippen LogP contribution in [0.1, 0.15) is 19.8 Å². The maximum Gasteiger partial charge on any atom is 0.324 e. The van der Waals surface area contributed by atoms with Gasteiger partial charge in [0.05, 0.1) is 21.1 Å². The highest BCUT2D eigenvalue weighted by atomic mass is 79.9. The Morgan fingerprint density at radius 2 is 1.72 bits per heavy atom. The number of hydrogen-bond acceptors (Lipinski definition) is 4. The van der Waals surface area contributed by atoms with Crippen LogP contribution < -0.4 is 17.0 Å². The van der Waals surface area contributed by atoms with Crippen molar-refractivity contribution in [3.63, 3.8) is 0 Å². The quantitative estimate of drug-likeness (QED) is 0.316. The number of quaternary nitrogens is 1. The predicted molar refractivity (Wildman–Crippen MR) is 60.0 cm³/mol. The largest absolute Gasteiger partial charge is 1.00 e. The number of hydrogen-bond donors (Lipinski definition) is 0. The Hall–Kier alpha value is -0.620. The molecule has 0 aromatic rings. The minimum atomic E-state index is -1.01. The number of halogens is 1. The lowest BCUT2D eigenvalue weighted by Gasteiger charge is -2.26. The fourth-order valence-electron chi connectivity index (χ4n) is 2.74. The summed E-state index contributed by atoms with van der Waals surface area (Å²) < 4.78 is 11.1.